The number of amidine groups is 1. The minimum absolute atomic E-state index is 0.0276. The van der Waals surface area contributed by atoms with E-state index < -0.39 is 35.8 Å². The Morgan fingerprint density at radius 1 is 1.23 bits per heavy atom. The van der Waals surface area contributed by atoms with Crippen LogP contribution in [-0.4, -0.2) is 67.3 Å². The van der Waals surface area contributed by atoms with Crippen LogP contribution < -0.4 is 5.32 Å². The first-order chi connectivity index (χ1) is 16.7. The molecule has 4 heterocycles. The standard InChI is InChI=1S/C24H29F5N6/c1-14-10-30-22-23(13-31-34-22)6-5-16(17(20(14)23)9-24(27,28)29)18-3-4-19(21(26)33-18)32-15-11-35(12-15)8-2-7-25/h3-6,14-17,20,32H,2,7-13H2,1H3/t14-,16-,17?,20?,23?/m0/s1. The smallest absolute Gasteiger partial charge is 0.376 e. The van der Waals surface area contributed by atoms with E-state index in [1.807, 2.05) is 13.0 Å². The highest BCUT2D eigenvalue weighted by atomic mass is 19.4. The first-order valence-corrected chi connectivity index (χ1v) is 12.1. The van der Waals surface area contributed by atoms with E-state index in [9.17, 15) is 22.0 Å². The summed E-state index contributed by atoms with van der Waals surface area (Å²) in [6, 6.07) is 3.20. The zero-order chi connectivity index (χ0) is 24.8. The number of nitrogens with zero attached hydrogens (tertiary/aromatic N) is 5. The Kier molecular flexibility index (Phi) is 6.39. The number of hydrogen-bond donors (Lipinski definition) is 1. The molecule has 3 unspecified atom stereocenters. The number of pyridine rings is 1. The van der Waals surface area contributed by atoms with E-state index in [4.69, 9.17) is 0 Å². The molecule has 3 aliphatic heterocycles. The average molecular weight is 497 g/mol. The van der Waals surface area contributed by atoms with Crippen LogP contribution in [0.5, 0.6) is 0 Å². The van der Waals surface area contributed by atoms with Gasteiger partial charge in [-0.15, -0.1) is 5.11 Å². The Bertz CT molecular complexity index is 1030. The molecule has 35 heavy (non-hydrogen) atoms. The number of aromatic nitrogens is 1. The molecular weight excluding hydrogens is 467 g/mol. The average Bonchev–Trinajstić information content (AvgIpc) is 3.18. The van der Waals surface area contributed by atoms with Crippen LogP contribution in [0.2, 0.25) is 0 Å². The molecule has 0 bridgehead atoms. The van der Waals surface area contributed by atoms with Crippen molar-refractivity contribution in [2.24, 2.45) is 38.4 Å². The number of allylic oxidation sites excluding steroid dienone is 1. The minimum Gasteiger partial charge on any atom is -0.376 e. The van der Waals surface area contributed by atoms with Gasteiger partial charge in [0.25, 0.3) is 0 Å². The summed E-state index contributed by atoms with van der Waals surface area (Å²) in [6.45, 7) is 4.26. The summed E-state index contributed by atoms with van der Waals surface area (Å²) in [5.41, 5.74) is -0.223. The van der Waals surface area contributed by atoms with Crippen molar-refractivity contribution in [3.05, 3.63) is 35.9 Å². The molecule has 1 aliphatic carbocycles. The van der Waals surface area contributed by atoms with Crippen molar-refractivity contribution in [3.63, 3.8) is 0 Å². The third-order valence-corrected chi connectivity index (χ3v) is 7.78. The fourth-order valence-corrected chi connectivity index (χ4v) is 6.28. The van der Waals surface area contributed by atoms with Crippen LogP contribution in [0.25, 0.3) is 0 Å². The monoisotopic (exact) mass is 496 g/mol. The Morgan fingerprint density at radius 3 is 2.74 bits per heavy atom. The number of aliphatic imine (C=N–C) groups is 1. The van der Waals surface area contributed by atoms with Crippen LogP contribution >= 0.6 is 0 Å². The van der Waals surface area contributed by atoms with Gasteiger partial charge >= 0.3 is 6.18 Å². The van der Waals surface area contributed by atoms with E-state index >= 15 is 0 Å². The number of rotatable bonds is 7. The number of nitrogens with one attached hydrogen (secondary N) is 1. The first-order valence-electron chi connectivity index (χ1n) is 12.1. The van der Waals surface area contributed by atoms with Crippen molar-refractivity contribution in [2.45, 2.75) is 37.9 Å². The van der Waals surface area contributed by atoms with Crippen molar-refractivity contribution in [1.82, 2.24) is 9.88 Å². The molecule has 1 aromatic rings. The minimum atomic E-state index is -4.38. The third kappa shape index (κ3) is 4.59. The van der Waals surface area contributed by atoms with Crippen LogP contribution in [0.15, 0.2) is 39.5 Å². The van der Waals surface area contributed by atoms with Gasteiger partial charge in [0.05, 0.1) is 36.1 Å². The molecule has 1 N–H and O–H groups in total. The molecule has 11 heteroatoms. The molecule has 5 atom stereocenters. The lowest BCUT2D eigenvalue weighted by Gasteiger charge is -2.49. The van der Waals surface area contributed by atoms with Gasteiger partial charge in [-0.1, -0.05) is 19.1 Å². The van der Waals surface area contributed by atoms with Gasteiger partial charge in [0.1, 0.15) is 0 Å². The van der Waals surface area contributed by atoms with Crippen LogP contribution in [0.4, 0.5) is 27.6 Å². The molecule has 1 fully saturated rings. The number of likely N-dealkylation sites (tertiary alicyclic amines) is 1. The highest BCUT2D eigenvalue weighted by Gasteiger charge is 2.57. The summed E-state index contributed by atoms with van der Waals surface area (Å²) in [7, 11) is 0. The molecule has 4 aliphatic rings. The van der Waals surface area contributed by atoms with Gasteiger partial charge in [0, 0.05) is 38.5 Å². The molecule has 1 aromatic heterocycles. The number of alkyl halides is 4. The lowest BCUT2D eigenvalue weighted by molar-refractivity contribution is -0.154. The molecule has 1 spiro atoms. The lowest BCUT2D eigenvalue weighted by Crippen LogP contribution is -2.55. The van der Waals surface area contributed by atoms with Gasteiger partial charge < -0.3 is 5.32 Å². The molecule has 0 aromatic carbocycles. The first kappa shape index (κ1) is 24.3. The van der Waals surface area contributed by atoms with Gasteiger partial charge in [0.2, 0.25) is 5.95 Å². The number of azo groups is 1. The second-order valence-electron chi connectivity index (χ2n) is 10.2. The molecule has 0 radical (unpaired) electrons. The molecule has 1 saturated heterocycles. The van der Waals surface area contributed by atoms with E-state index in [-0.39, 0.29) is 42.5 Å². The predicted molar refractivity (Wildman–Crippen MR) is 122 cm³/mol. The van der Waals surface area contributed by atoms with E-state index in [0.717, 1.165) is 0 Å². The molecule has 0 saturated carbocycles. The van der Waals surface area contributed by atoms with Crippen molar-refractivity contribution in [2.75, 3.05) is 44.7 Å². The van der Waals surface area contributed by atoms with Crippen molar-refractivity contribution in [1.29, 1.82) is 0 Å². The number of halogens is 5. The second kappa shape index (κ2) is 9.22. The van der Waals surface area contributed by atoms with Crippen molar-refractivity contribution in [3.8, 4) is 0 Å². The predicted octanol–water partition coefficient (Wildman–Crippen LogP) is 5.02. The second-order valence-corrected chi connectivity index (χ2v) is 10.2. The molecule has 6 nitrogen and oxygen atoms in total. The molecule has 5 rings (SSSR count). The van der Waals surface area contributed by atoms with Gasteiger partial charge in [-0.05, 0) is 36.3 Å². The van der Waals surface area contributed by atoms with E-state index in [0.29, 0.717) is 38.4 Å². The highest BCUT2D eigenvalue weighted by Crippen LogP contribution is 2.56. The fourth-order valence-electron chi connectivity index (χ4n) is 6.28. The highest BCUT2D eigenvalue weighted by molar-refractivity contribution is 5.93. The van der Waals surface area contributed by atoms with Gasteiger partial charge in [0.15, 0.2) is 5.84 Å². The zero-order valence-corrected chi connectivity index (χ0v) is 19.5. The summed E-state index contributed by atoms with van der Waals surface area (Å²) < 4.78 is 68.6. The normalized spacial score (nSPS) is 32.7. The largest absolute Gasteiger partial charge is 0.389 e. The fraction of sp³-hybridized carbons (Fsp3) is 0.667. The quantitative estimate of drug-likeness (QED) is 0.328. The maximum Gasteiger partial charge on any atom is 0.389 e. The Labute approximate surface area is 200 Å². The molecule has 0 amide bonds. The lowest BCUT2D eigenvalue weighted by atomic mass is 9.55. The van der Waals surface area contributed by atoms with Crippen molar-refractivity contribution >= 4 is 11.5 Å². The Balaban J connectivity index is 1.39. The van der Waals surface area contributed by atoms with Gasteiger partial charge in [-0.2, -0.15) is 22.7 Å². The molecule has 190 valence electrons. The maximum atomic E-state index is 15.0. The van der Waals surface area contributed by atoms with Gasteiger partial charge in [-0.3, -0.25) is 14.3 Å². The summed E-state index contributed by atoms with van der Waals surface area (Å²) in [6.07, 6.45) is -1.29. The Hall–Kier alpha value is -2.43. The van der Waals surface area contributed by atoms with Crippen LogP contribution in [0.3, 0.4) is 0 Å². The van der Waals surface area contributed by atoms with Crippen molar-refractivity contribution < 1.29 is 22.0 Å². The van der Waals surface area contributed by atoms with Crippen LogP contribution in [-0.2, 0) is 0 Å². The summed E-state index contributed by atoms with van der Waals surface area (Å²) in [5, 5.41) is 11.3. The van der Waals surface area contributed by atoms with E-state index in [2.05, 4.69) is 30.4 Å². The van der Waals surface area contributed by atoms with Crippen LogP contribution in [0, 0.1) is 29.1 Å². The zero-order valence-electron chi connectivity index (χ0n) is 19.5. The SMILES string of the molecule is C[C@H]1CN=C2N=NCC23C=C[C@H](c2ccc(NC4CN(CCCF)C4)c(F)n2)C(CC(F)(F)F)C13. The van der Waals surface area contributed by atoms with Gasteiger partial charge in [-0.25, -0.2) is 4.98 Å². The Morgan fingerprint density at radius 2 is 2.03 bits per heavy atom. The molecular formula is C24H29F5N6. The third-order valence-electron chi connectivity index (χ3n) is 7.78. The van der Waals surface area contributed by atoms with Crippen LogP contribution in [0.1, 0.15) is 31.4 Å². The van der Waals surface area contributed by atoms with E-state index in [1.54, 1.807) is 18.2 Å². The topological polar surface area (TPSA) is 65.2 Å². The number of hydrogen-bond acceptors (Lipinski definition) is 6. The number of anilines is 1. The van der Waals surface area contributed by atoms with E-state index in [1.165, 1.54) is 0 Å². The summed E-state index contributed by atoms with van der Waals surface area (Å²) >= 11 is 0. The summed E-state index contributed by atoms with van der Waals surface area (Å²) in [4.78, 5) is 10.7. The summed E-state index contributed by atoms with van der Waals surface area (Å²) in [5.74, 6) is -2.22. The maximum absolute atomic E-state index is 15.0.